The molecular weight excluding hydrogens is 268 g/mol. The van der Waals surface area contributed by atoms with Gasteiger partial charge >= 0.3 is 6.09 Å². The first-order chi connectivity index (χ1) is 9.78. The highest BCUT2D eigenvalue weighted by Crippen LogP contribution is 2.26. The molecule has 1 amide bonds. The van der Waals surface area contributed by atoms with Gasteiger partial charge in [0.15, 0.2) is 0 Å². The fraction of sp³-hybridized carbons (Fsp3) is 0.938. The second-order valence-electron chi connectivity index (χ2n) is 7.44. The minimum absolute atomic E-state index is 0.184. The van der Waals surface area contributed by atoms with Gasteiger partial charge in [0.1, 0.15) is 5.60 Å². The molecule has 0 bridgehead atoms. The Bertz CT molecular complexity index is 361. The minimum Gasteiger partial charge on any atom is -0.444 e. The van der Waals surface area contributed by atoms with Crippen molar-refractivity contribution in [2.75, 3.05) is 13.7 Å². The quantitative estimate of drug-likeness (QED) is 0.870. The normalized spacial score (nSPS) is 33.5. The lowest BCUT2D eigenvalue weighted by Crippen LogP contribution is -2.55. The van der Waals surface area contributed by atoms with E-state index in [1.807, 2.05) is 25.7 Å². The first kappa shape index (κ1) is 16.6. The molecule has 2 atom stereocenters. The first-order valence-electron chi connectivity index (χ1n) is 8.07. The number of hydrogen-bond donors (Lipinski definition) is 1. The number of nitrogens with one attached hydrogen (secondary N) is 1. The number of amides is 1. The van der Waals surface area contributed by atoms with Crippen molar-refractivity contribution < 1.29 is 14.3 Å². The van der Waals surface area contributed by atoms with E-state index in [-0.39, 0.29) is 12.1 Å². The largest absolute Gasteiger partial charge is 0.444 e. The number of carbonyl (C=O) groups is 1. The molecular formula is C16H30N2O3. The summed E-state index contributed by atoms with van der Waals surface area (Å²) in [5.41, 5.74) is -0.424. The van der Waals surface area contributed by atoms with Crippen molar-refractivity contribution in [1.82, 2.24) is 10.2 Å². The number of rotatable bonds is 3. The predicted octanol–water partition coefficient (Wildman–Crippen LogP) is 2.54. The van der Waals surface area contributed by atoms with Crippen molar-refractivity contribution in [2.24, 2.45) is 0 Å². The van der Waals surface area contributed by atoms with Crippen molar-refractivity contribution in [2.45, 2.75) is 83.2 Å². The van der Waals surface area contributed by atoms with Crippen LogP contribution in [0.1, 0.15) is 53.4 Å². The molecule has 0 radical (unpaired) electrons. The Morgan fingerprint density at radius 2 is 1.86 bits per heavy atom. The summed E-state index contributed by atoms with van der Waals surface area (Å²) in [5, 5.41) is 3.70. The van der Waals surface area contributed by atoms with Gasteiger partial charge in [-0.1, -0.05) is 0 Å². The first-order valence-corrected chi connectivity index (χ1v) is 8.07. The lowest BCUT2D eigenvalue weighted by Gasteiger charge is -2.42. The molecule has 5 heteroatoms. The van der Waals surface area contributed by atoms with Gasteiger partial charge in [-0.25, -0.2) is 4.79 Å². The van der Waals surface area contributed by atoms with Crippen molar-refractivity contribution in [3.63, 3.8) is 0 Å². The topological polar surface area (TPSA) is 50.8 Å². The van der Waals surface area contributed by atoms with Crippen LogP contribution >= 0.6 is 0 Å². The number of nitrogens with zero attached hydrogens (tertiary/aromatic N) is 1. The summed E-state index contributed by atoms with van der Waals surface area (Å²) < 4.78 is 10.8. The number of carbonyl (C=O) groups excluding carboxylic acids is 1. The molecule has 2 aliphatic rings. The summed E-state index contributed by atoms with van der Waals surface area (Å²) in [6, 6.07) is 1.31. The van der Waals surface area contributed by atoms with E-state index in [0.29, 0.717) is 18.2 Å². The van der Waals surface area contributed by atoms with Gasteiger partial charge in [-0.2, -0.15) is 0 Å². The highest BCUT2D eigenvalue weighted by Gasteiger charge is 2.35. The molecule has 2 unspecified atom stereocenters. The zero-order valence-corrected chi connectivity index (χ0v) is 14.0. The van der Waals surface area contributed by atoms with Gasteiger partial charge < -0.3 is 19.7 Å². The van der Waals surface area contributed by atoms with Crippen molar-refractivity contribution in [1.29, 1.82) is 0 Å². The third-order valence-electron chi connectivity index (χ3n) is 4.40. The van der Waals surface area contributed by atoms with E-state index in [9.17, 15) is 4.79 Å². The molecule has 2 fully saturated rings. The van der Waals surface area contributed by atoms with E-state index >= 15 is 0 Å². The molecule has 2 rings (SSSR count). The SMILES string of the molecule is COC1CC(NC2CCN(C(=O)OC(C)(C)C)C(C)C2)C1. The van der Waals surface area contributed by atoms with Gasteiger partial charge in [-0.3, -0.25) is 0 Å². The fourth-order valence-corrected chi connectivity index (χ4v) is 3.14. The summed E-state index contributed by atoms with van der Waals surface area (Å²) in [7, 11) is 1.78. The van der Waals surface area contributed by atoms with Crippen LogP contribution in [-0.2, 0) is 9.47 Å². The highest BCUT2D eigenvalue weighted by atomic mass is 16.6. The van der Waals surface area contributed by atoms with Gasteiger partial charge in [-0.15, -0.1) is 0 Å². The van der Waals surface area contributed by atoms with E-state index < -0.39 is 5.60 Å². The summed E-state index contributed by atoms with van der Waals surface area (Å²) in [6.07, 6.45) is 4.46. The standard InChI is InChI=1S/C16H30N2O3/c1-11-8-12(17-13-9-14(10-13)20-5)6-7-18(11)15(19)21-16(2,3)4/h11-14,17H,6-10H2,1-5H3. The Balaban J connectivity index is 1.75. The Labute approximate surface area is 128 Å². The van der Waals surface area contributed by atoms with Gasteiger partial charge in [-0.05, 0) is 53.4 Å². The zero-order chi connectivity index (χ0) is 15.6. The average Bonchev–Trinajstić information content (AvgIpc) is 2.30. The molecule has 5 nitrogen and oxygen atoms in total. The molecule has 21 heavy (non-hydrogen) atoms. The average molecular weight is 298 g/mol. The second-order valence-corrected chi connectivity index (χ2v) is 7.44. The van der Waals surface area contributed by atoms with Gasteiger partial charge in [0.05, 0.1) is 6.10 Å². The van der Waals surface area contributed by atoms with Gasteiger partial charge in [0.25, 0.3) is 0 Å². The van der Waals surface area contributed by atoms with E-state index in [1.54, 1.807) is 7.11 Å². The highest BCUT2D eigenvalue weighted by molar-refractivity contribution is 5.68. The maximum Gasteiger partial charge on any atom is 0.410 e. The van der Waals surface area contributed by atoms with E-state index in [1.165, 1.54) is 0 Å². The maximum absolute atomic E-state index is 12.2. The molecule has 0 aromatic heterocycles. The van der Waals surface area contributed by atoms with Crippen LogP contribution in [0.25, 0.3) is 0 Å². The summed E-state index contributed by atoms with van der Waals surface area (Å²) >= 11 is 0. The minimum atomic E-state index is -0.424. The molecule has 0 spiro atoms. The molecule has 1 aliphatic heterocycles. The molecule has 0 aromatic carbocycles. The van der Waals surface area contributed by atoms with Crippen LogP contribution in [0.4, 0.5) is 4.79 Å². The molecule has 1 heterocycles. The maximum atomic E-state index is 12.2. The molecule has 1 saturated heterocycles. The number of piperidine rings is 1. The Morgan fingerprint density at radius 3 is 2.38 bits per heavy atom. The lowest BCUT2D eigenvalue weighted by molar-refractivity contribution is -0.000505. The van der Waals surface area contributed by atoms with Crippen molar-refractivity contribution in [3.8, 4) is 0 Å². The van der Waals surface area contributed by atoms with Crippen LogP contribution in [0.5, 0.6) is 0 Å². The second kappa shape index (κ2) is 6.53. The Kier molecular flexibility index (Phi) is 5.15. The van der Waals surface area contributed by atoms with E-state index in [4.69, 9.17) is 9.47 Å². The summed E-state index contributed by atoms with van der Waals surface area (Å²) in [6.45, 7) is 8.61. The van der Waals surface area contributed by atoms with Crippen LogP contribution in [0.2, 0.25) is 0 Å². The summed E-state index contributed by atoms with van der Waals surface area (Å²) in [4.78, 5) is 14.0. The molecule has 1 saturated carbocycles. The lowest BCUT2D eigenvalue weighted by atomic mass is 9.87. The van der Waals surface area contributed by atoms with Gasteiger partial charge in [0, 0.05) is 31.8 Å². The zero-order valence-electron chi connectivity index (χ0n) is 14.0. The smallest absolute Gasteiger partial charge is 0.410 e. The van der Waals surface area contributed by atoms with Crippen LogP contribution in [0.15, 0.2) is 0 Å². The van der Waals surface area contributed by atoms with E-state index in [0.717, 1.165) is 32.2 Å². The van der Waals surface area contributed by atoms with Gasteiger partial charge in [0.2, 0.25) is 0 Å². The van der Waals surface area contributed by atoms with Crippen molar-refractivity contribution >= 4 is 6.09 Å². The van der Waals surface area contributed by atoms with E-state index in [2.05, 4.69) is 12.2 Å². The predicted molar refractivity (Wildman–Crippen MR) is 82.4 cm³/mol. The monoisotopic (exact) mass is 298 g/mol. The molecule has 1 N–H and O–H groups in total. The van der Waals surface area contributed by atoms with Crippen LogP contribution in [0, 0.1) is 0 Å². The molecule has 1 aliphatic carbocycles. The molecule has 122 valence electrons. The number of ether oxygens (including phenoxy) is 2. The van der Waals surface area contributed by atoms with Crippen LogP contribution in [0.3, 0.4) is 0 Å². The Morgan fingerprint density at radius 1 is 1.19 bits per heavy atom. The Hall–Kier alpha value is -0.810. The van der Waals surface area contributed by atoms with Crippen LogP contribution in [-0.4, -0.2) is 54.5 Å². The fourth-order valence-electron chi connectivity index (χ4n) is 3.14. The van der Waals surface area contributed by atoms with Crippen molar-refractivity contribution in [3.05, 3.63) is 0 Å². The third-order valence-corrected chi connectivity index (χ3v) is 4.40. The third kappa shape index (κ3) is 4.58. The molecule has 0 aromatic rings. The number of methoxy groups -OCH3 is 1. The number of hydrogen-bond acceptors (Lipinski definition) is 4. The van der Waals surface area contributed by atoms with Crippen LogP contribution < -0.4 is 5.32 Å². The summed E-state index contributed by atoms with van der Waals surface area (Å²) in [5.74, 6) is 0. The number of likely N-dealkylation sites (tertiary alicyclic amines) is 1.